The summed E-state index contributed by atoms with van der Waals surface area (Å²) in [6.45, 7) is 2.48. The molecule has 0 heterocycles. The van der Waals surface area contributed by atoms with Crippen LogP contribution in [0, 0.1) is 5.82 Å². The molecule has 2 aromatic rings. The molecule has 2 aromatic carbocycles. The lowest BCUT2D eigenvalue weighted by Gasteiger charge is -2.24. The number of aromatic carboxylic acids is 1. The van der Waals surface area contributed by atoms with Crippen molar-refractivity contribution in [2.75, 3.05) is 11.4 Å². The van der Waals surface area contributed by atoms with Crippen LogP contribution in [0.5, 0.6) is 0 Å². The monoisotopic (exact) mass is 337 g/mol. The number of hydrogen-bond acceptors (Lipinski definition) is 2. The maximum atomic E-state index is 14.4. The van der Waals surface area contributed by atoms with Crippen molar-refractivity contribution in [3.8, 4) is 0 Å². The average Bonchev–Trinajstić information content (AvgIpc) is 2.45. The van der Waals surface area contributed by atoms with E-state index in [0.29, 0.717) is 12.2 Å². The molecule has 0 amide bonds. The van der Waals surface area contributed by atoms with E-state index < -0.39 is 11.8 Å². The highest BCUT2D eigenvalue weighted by Gasteiger charge is 2.19. The molecular weight excluding hydrogens is 325 g/mol. The summed E-state index contributed by atoms with van der Waals surface area (Å²) in [6.07, 6.45) is 0. The normalized spacial score (nSPS) is 10.3. The second-order valence-corrected chi connectivity index (χ2v) is 4.94. The van der Waals surface area contributed by atoms with Crippen molar-refractivity contribution in [2.45, 2.75) is 6.92 Å². The van der Waals surface area contributed by atoms with Gasteiger partial charge in [-0.15, -0.1) is 0 Å². The summed E-state index contributed by atoms with van der Waals surface area (Å²) in [5.74, 6) is -1.74. The number of carboxylic acid groups (broad SMARTS) is 1. The third-order valence-electron chi connectivity index (χ3n) is 2.97. The molecule has 20 heavy (non-hydrogen) atoms. The SMILES string of the molecule is CCN(c1ccccc1)c1ccc(C(=O)O)c(Br)c1F. The van der Waals surface area contributed by atoms with Gasteiger partial charge in [0.2, 0.25) is 0 Å². The highest BCUT2D eigenvalue weighted by Crippen LogP contribution is 2.33. The molecule has 1 N–H and O–H groups in total. The first kappa shape index (κ1) is 14.5. The Morgan fingerprint density at radius 3 is 2.45 bits per heavy atom. The van der Waals surface area contributed by atoms with Crippen molar-refractivity contribution in [2.24, 2.45) is 0 Å². The second-order valence-electron chi connectivity index (χ2n) is 4.15. The molecule has 0 aliphatic heterocycles. The summed E-state index contributed by atoms with van der Waals surface area (Å²) in [6, 6.07) is 12.3. The number of carboxylic acids is 1. The zero-order valence-corrected chi connectivity index (χ0v) is 12.4. The Balaban J connectivity index is 2.52. The van der Waals surface area contributed by atoms with E-state index in [0.717, 1.165) is 5.69 Å². The molecule has 104 valence electrons. The van der Waals surface area contributed by atoms with Crippen LogP contribution in [0.1, 0.15) is 17.3 Å². The predicted molar refractivity (Wildman–Crippen MR) is 80.2 cm³/mol. The number of hydrogen-bond donors (Lipinski definition) is 1. The smallest absolute Gasteiger partial charge is 0.336 e. The van der Waals surface area contributed by atoms with Crippen LogP contribution in [0.25, 0.3) is 0 Å². The van der Waals surface area contributed by atoms with Gasteiger partial charge in [0.05, 0.1) is 15.7 Å². The predicted octanol–water partition coefficient (Wildman–Crippen LogP) is 4.44. The average molecular weight is 338 g/mol. The number of para-hydroxylation sites is 1. The molecule has 0 aliphatic rings. The Hall–Kier alpha value is -1.88. The van der Waals surface area contributed by atoms with E-state index in [1.54, 1.807) is 4.90 Å². The minimum Gasteiger partial charge on any atom is -0.478 e. The maximum absolute atomic E-state index is 14.4. The molecule has 0 atom stereocenters. The van der Waals surface area contributed by atoms with Gasteiger partial charge in [-0.05, 0) is 47.1 Å². The van der Waals surface area contributed by atoms with Gasteiger partial charge >= 0.3 is 5.97 Å². The number of carbonyl (C=O) groups is 1. The molecule has 2 rings (SSSR count). The van der Waals surface area contributed by atoms with E-state index in [9.17, 15) is 9.18 Å². The van der Waals surface area contributed by atoms with Crippen molar-refractivity contribution < 1.29 is 14.3 Å². The van der Waals surface area contributed by atoms with Crippen molar-refractivity contribution in [3.05, 3.63) is 58.3 Å². The molecule has 0 spiro atoms. The van der Waals surface area contributed by atoms with Crippen molar-refractivity contribution in [3.63, 3.8) is 0 Å². The Kier molecular flexibility index (Phi) is 4.39. The number of halogens is 2. The van der Waals surface area contributed by atoms with Gasteiger partial charge in [0.1, 0.15) is 0 Å². The molecule has 0 radical (unpaired) electrons. The fraction of sp³-hybridized carbons (Fsp3) is 0.133. The summed E-state index contributed by atoms with van der Waals surface area (Å²) >= 11 is 3.02. The first-order chi connectivity index (χ1) is 9.56. The summed E-state index contributed by atoms with van der Waals surface area (Å²) in [4.78, 5) is 12.8. The zero-order chi connectivity index (χ0) is 14.7. The Morgan fingerprint density at radius 1 is 1.25 bits per heavy atom. The molecule has 5 heteroatoms. The van der Waals surface area contributed by atoms with E-state index >= 15 is 0 Å². The van der Waals surface area contributed by atoms with Gasteiger partial charge in [-0.3, -0.25) is 0 Å². The van der Waals surface area contributed by atoms with Gasteiger partial charge in [0.25, 0.3) is 0 Å². The van der Waals surface area contributed by atoms with Crippen LogP contribution in [0.4, 0.5) is 15.8 Å². The summed E-state index contributed by atoms with van der Waals surface area (Å²) in [7, 11) is 0. The first-order valence-corrected chi connectivity index (χ1v) is 6.89. The third kappa shape index (κ3) is 2.67. The molecule has 0 aliphatic carbocycles. The first-order valence-electron chi connectivity index (χ1n) is 6.10. The molecule has 0 saturated heterocycles. The maximum Gasteiger partial charge on any atom is 0.336 e. The van der Waals surface area contributed by atoms with Crippen molar-refractivity contribution in [1.82, 2.24) is 0 Å². The van der Waals surface area contributed by atoms with Crippen LogP contribution >= 0.6 is 15.9 Å². The van der Waals surface area contributed by atoms with Crippen LogP contribution in [0.2, 0.25) is 0 Å². The lowest BCUT2D eigenvalue weighted by molar-refractivity contribution is 0.0695. The van der Waals surface area contributed by atoms with E-state index in [4.69, 9.17) is 5.11 Å². The minimum absolute atomic E-state index is 0.0307. The highest BCUT2D eigenvalue weighted by atomic mass is 79.9. The largest absolute Gasteiger partial charge is 0.478 e. The number of rotatable bonds is 4. The number of benzene rings is 2. The third-order valence-corrected chi connectivity index (χ3v) is 3.74. The summed E-state index contributed by atoms with van der Waals surface area (Å²) in [5, 5.41) is 8.98. The molecule has 0 unspecified atom stereocenters. The minimum atomic E-state index is -1.16. The lowest BCUT2D eigenvalue weighted by Crippen LogP contribution is -2.18. The van der Waals surface area contributed by atoms with Gasteiger partial charge in [0, 0.05) is 12.2 Å². The van der Waals surface area contributed by atoms with Crippen LogP contribution in [0.15, 0.2) is 46.9 Å². The Morgan fingerprint density at radius 2 is 1.90 bits per heavy atom. The fourth-order valence-electron chi connectivity index (χ4n) is 2.01. The zero-order valence-electron chi connectivity index (χ0n) is 10.8. The van der Waals surface area contributed by atoms with Gasteiger partial charge < -0.3 is 10.0 Å². The van der Waals surface area contributed by atoms with E-state index in [2.05, 4.69) is 15.9 Å². The lowest BCUT2D eigenvalue weighted by atomic mass is 10.1. The summed E-state index contributed by atoms with van der Waals surface area (Å²) < 4.78 is 14.4. The van der Waals surface area contributed by atoms with Crippen molar-refractivity contribution >= 4 is 33.3 Å². The van der Waals surface area contributed by atoms with Crippen LogP contribution in [-0.2, 0) is 0 Å². The van der Waals surface area contributed by atoms with E-state index in [-0.39, 0.29) is 10.0 Å². The van der Waals surface area contributed by atoms with E-state index in [1.165, 1.54) is 12.1 Å². The van der Waals surface area contributed by atoms with Gasteiger partial charge in [-0.25, -0.2) is 9.18 Å². The van der Waals surface area contributed by atoms with Gasteiger partial charge in [-0.1, -0.05) is 18.2 Å². The van der Waals surface area contributed by atoms with E-state index in [1.807, 2.05) is 37.3 Å². The van der Waals surface area contributed by atoms with Crippen molar-refractivity contribution in [1.29, 1.82) is 0 Å². The highest BCUT2D eigenvalue weighted by molar-refractivity contribution is 9.10. The Labute approximate surface area is 124 Å². The standard InChI is InChI=1S/C15H13BrFNO2/c1-2-18(10-6-4-3-5-7-10)12-9-8-11(15(19)20)13(16)14(12)17/h3-9H,2H2,1H3,(H,19,20). The quantitative estimate of drug-likeness (QED) is 0.896. The fourth-order valence-corrected chi connectivity index (χ4v) is 2.52. The molecular formula is C15H13BrFNO2. The number of nitrogens with zero attached hydrogens (tertiary/aromatic N) is 1. The topological polar surface area (TPSA) is 40.5 Å². The molecule has 0 aromatic heterocycles. The van der Waals surface area contributed by atoms with Crippen LogP contribution in [-0.4, -0.2) is 17.6 Å². The Bertz CT molecular complexity index is 631. The van der Waals surface area contributed by atoms with Crippen LogP contribution in [0.3, 0.4) is 0 Å². The second kappa shape index (κ2) is 6.05. The molecule has 3 nitrogen and oxygen atoms in total. The number of anilines is 2. The molecule has 0 bridgehead atoms. The van der Waals surface area contributed by atoms with Gasteiger partial charge in [-0.2, -0.15) is 0 Å². The van der Waals surface area contributed by atoms with Gasteiger partial charge in [0.15, 0.2) is 5.82 Å². The van der Waals surface area contributed by atoms with Crippen LogP contribution < -0.4 is 4.90 Å². The molecule has 0 fully saturated rings. The molecule has 0 saturated carbocycles. The summed E-state index contributed by atoms with van der Waals surface area (Å²) in [5.41, 5.74) is 1.11.